The van der Waals surface area contributed by atoms with Gasteiger partial charge in [0, 0.05) is 16.3 Å². The third-order valence-corrected chi connectivity index (χ3v) is 4.08. The third-order valence-electron chi connectivity index (χ3n) is 3.12. The van der Waals surface area contributed by atoms with Gasteiger partial charge in [-0.3, -0.25) is 0 Å². The van der Waals surface area contributed by atoms with Crippen LogP contribution in [0.4, 0.5) is 4.39 Å². The zero-order valence-corrected chi connectivity index (χ0v) is 11.7. The molecule has 1 nitrogen and oxygen atoms in total. The molecule has 0 aromatic heterocycles. The molecule has 3 heteroatoms. The van der Waals surface area contributed by atoms with Crippen molar-refractivity contribution in [3.8, 4) is 0 Å². The van der Waals surface area contributed by atoms with Gasteiger partial charge in [-0.05, 0) is 46.7 Å². The fourth-order valence-corrected chi connectivity index (χ4v) is 3.14. The normalized spacial score (nSPS) is 10.9. The maximum absolute atomic E-state index is 13.5. The topological polar surface area (TPSA) is 26.0 Å². The molecule has 0 aliphatic rings. The minimum atomic E-state index is -0.240. The van der Waals surface area contributed by atoms with E-state index in [0.717, 1.165) is 15.4 Å². The summed E-state index contributed by atoms with van der Waals surface area (Å²) in [7, 11) is 0. The first-order valence-electron chi connectivity index (χ1n) is 6.41. The number of hydrogen-bond donors (Lipinski definition) is 1. The highest BCUT2D eigenvalue weighted by molar-refractivity contribution is 7.99. The molecule has 20 heavy (non-hydrogen) atoms. The molecule has 0 saturated heterocycles. The van der Waals surface area contributed by atoms with Crippen LogP contribution in [-0.4, -0.2) is 0 Å². The van der Waals surface area contributed by atoms with Crippen LogP contribution in [0.5, 0.6) is 0 Å². The van der Waals surface area contributed by atoms with E-state index in [-0.39, 0.29) is 5.82 Å². The van der Waals surface area contributed by atoms with Crippen LogP contribution in [0.15, 0.2) is 70.5 Å². The van der Waals surface area contributed by atoms with Crippen molar-refractivity contribution in [2.24, 2.45) is 5.73 Å². The first-order chi connectivity index (χ1) is 9.74. The molecule has 0 amide bonds. The van der Waals surface area contributed by atoms with Gasteiger partial charge in [0.1, 0.15) is 5.82 Å². The average molecular weight is 283 g/mol. The van der Waals surface area contributed by atoms with Gasteiger partial charge in [-0.15, -0.1) is 0 Å². The molecule has 0 saturated carbocycles. The van der Waals surface area contributed by atoms with Crippen molar-refractivity contribution in [1.82, 2.24) is 0 Å². The fourth-order valence-electron chi connectivity index (χ4n) is 2.16. The van der Waals surface area contributed by atoms with Crippen molar-refractivity contribution in [2.45, 2.75) is 16.3 Å². The second-order valence-corrected chi connectivity index (χ2v) is 5.76. The number of fused-ring (bicyclic) bond motifs is 1. The van der Waals surface area contributed by atoms with Crippen molar-refractivity contribution >= 4 is 22.5 Å². The minimum Gasteiger partial charge on any atom is -0.326 e. The summed E-state index contributed by atoms with van der Waals surface area (Å²) < 4.78 is 13.5. The number of benzene rings is 3. The summed E-state index contributed by atoms with van der Waals surface area (Å²) in [6.07, 6.45) is 0. The number of halogens is 1. The van der Waals surface area contributed by atoms with E-state index in [9.17, 15) is 4.39 Å². The summed E-state index contributed by atoms with van der Waals surface area (Å²) in [6.45, 7) is 0.350. The zero-order chi connectivity index (χ0) is 13.9. The Kier molecular flexibility index (Phi) is 3.72. The molecule has 3 aromatic carbocycles. The molecular formula is C17H14FNS. The van der Waals surface area contributed by atoms with Gasteiger partial charge in [-0.2, -0.15) is 0 Å². The third kappa shape index (κ3) is 2.84. The van der Waals surface area contributed by atoms with Crippen LogP contribution in [-0.2, 0) is 6.54 Å². The van der Waals surface area contributed by atoms with Gasteiger partial charge in [0.25, 0.3) is 0 Å². The first kappa shape index (κ1) is 13.2. The molecule has 0 radical (unpaired) electrons. The van der Waals surface area contributed by atoms with Crippen LogP contribution in [0, 0.1) is 5.82 Å². The van der Waals surface area contributed by atoms with Gasteiger partial charge in [-0.25, -0.2) is 4.39 Å². The Morgan fingerprint density at radius 2 is 1.65 bits per heavy atom. The van der Waals surface area contributed by atoms with Crippen molar-refractivity contribution in [3.05, 3.63) is 72.0 Å². The second kappa shape index (κ2) is 5.65. The summed E-state index contributed by atoms with van der Waals surface area (Å²) in [5, 5.41) is 2.40. The standard InChI is InChI=1S/C17H14FNS/c18-15-7-12(11-19)8-17(10-15)20-16-6-5-13-3-1-2-4-14(13)9-16/h1-10H,11,19H2. The molecule has 0 bridgehead atoms. The van der Waals surface area contributed by atoms with Crippen LogP contribution in [0.25, 0.3) is 10.8 Å². The molecule has 100 valence electrons. The van der Waals surface area contributed by atoms with Crippen LogP contribution in [0.2, 0.25) is 0 Å². The van der Waals surface area contributed by atoms with E-state index in [2.05, 4.69) is 30.3 Å². The molecule has 0 aliphatic heterocycles. The van der Waals surface area contributed by atoms with Crippen LogP contribution >= 0.6 is 11.8 Å². The molecule has 0 fully saturated rings. The lowest BCUT2D eigenvalue weighted by molar-refractivity contribution is 0.621. The Morgan fingerprint density at radius 1 is 0.850 bits per heavy atom. The lowest BCUT2D eigenvalue weighted by Crippen LogP contribution is -1.96. The van der Waals surface area contributed by atoms with E-state index in [1.165, 1.54) is 16.8 Å². The van der Waals surface area contributed by atoms with Crippen LogP contribution in [0.3, 0.4) is 0 Å². The Morgan fingerprint density at radius 3 is 2.45 bits per heavy atom. The van der Waals surface area contributed by atoms with E-state index in [1.807, 2.05) is 18.2 Å². The van der Waals surface area contributed by atoms with Gasteiger partial charge < -0.3 is 5.73 Å². The van der Waals surface area contributed by atoms with Crippen molar-refractivity contribution in [1.29, 1.82) is 0 Å². The molecule has 3 rings (SSSR count). The zero-order valence-electron chi connectivity index (χ0n) is 10.8. The van der Waals surface area contributed by atoms with E-state index in [4.69, 9.17) is 5.73 Å². The quantitative estimate of drug-likeness (QED) is 0.761. The van der Waals surface area contributed by atoms with E-state index in [0.29, 0.717) is 6.54 Å². The maximum atomic E-state index is 13.5. The summed E-state index contributed by atoms with van der Waals surface area (Å²) in [6, 6.07) is 19.4. The molecule has 0 aliphatic carbocycles. The van der Waals surface area contributed by atoms with Crippen LogP contribution < -0.4 is 5.73 Å². The summed E-state index contributed by atoms with van der Waals surface area (Å²) in [4.78, 5) is 1.97. The number of hydrogen-bond acceptors (Lipinski definition) is 2. The highest BCUT2D eigenvalue weighted by Gasteiger charge is 2.03. The lowest BCUT2D eigenvalue weighted by atomic mass is 10.1. The fraction of sp³-hybridized carbons (Fsp3) is 0.0588. The highest BCUT2D eigenvalue weighted by Crippen LogP contribution is 2.31. The van der Waals surface area contributed by atoms with Crippen molar-refractivity contribution < 1.29 is 4.39 Å². The molecule has 0 unspecified atom stereocenters. The van der Waals surface area contributed by atoms with Gasteiger partial charge >= 0.3 is 0 Å². The lowest BCUT2D eigenvalue weighted by Gasteiger charge is -2.06. The summed E-state index contributed by atoms with van der Waals surface area (Å²) >= 11 is 1.55. The first-order valence-corrected chi connectivity index (χ1v) is 7.22. The predicted molar refractivity (Wildman–Crippen MR) is 82.4 cm³/mol. The van der Waals surface area contributed by atoms with Gasteiger partial charge in [0.2, 0.25) is 0 Å². The Hall–Kier alpha value is -1.84. The van der Waals surface area contributed by atoms with Gasteiger partial charge in [-0.1, -0.05) is 42.1 Å². The Balaban J connectivity index is 1.94. The van der Waals surface area contributed by atoms with Crippen molar-refractivity contribution in [2.75, 3.05) is 0 Å². The molecule has 0 spiro atoms. The van der Waals surface area contributed by atoms with Crippen molar-refractivity contribution in [3.63, 3.8) is 0 Å². The number of rotatable bonds is 3. The molecular weight excluding hydrogens is 269 g/mol. The molecule has 3 aromatic rings. The summed E-state index contributed by atoms with van der Waals surface area (Å²) in [5.74, 6) is -0.240. The van der Waals surface area contributed by atoms with Gasteiger partial charge in [0.05, 0.1) is 0 Å². The van der Waals surface area contributed by atoms with E-state index < -0.39 is 0 Å². The predicted octanol–water partition coefficient (Wildman–Crippen LogP) is 4.59. The summed E-state index contributed by atoms with van der Waals surface area (Å²) in [5.41, 5.74) is 6.39. The average Bonchev–Trinajstić information content (AvgIpc) is 2.46. The minimum absolute atomic E-state index is 0.240. The molecule has 0 heterocycles. The monoisotopic (exact) mass is 283 g/mol. The molecule has 2 N–H and O–H groups in total. The van der Waals surface area contributed by atoms with Gasteiger partial charge in [0.15, 0.2) is 0 Å². The largest absolute Gasteiger partial charge is 0.326 e. The van der Waals surface area contributed by atoms with E-state index >= 15 is 0 Å². The van der Waals surface area contributed by atoms with E-state index in [1.54, 1.807) is 17.8 Å². The SMILES string of the molecule is NCc1cc(F)cc(Sc2ccc3ccccc3c2)c1. The van der Waals surface area contributed by atoms with Crippen LogP contribution in [0.1, 0.15) is 5.56 Å². The molecule has 0 atom stereocenters. The Bertz CT molecular complexity index is 755. The highest BCUT2D eigenvalue weighted by atomic mass is 32.2. The Labute approximate surface area is 121 Å². The maximum Gasteiger partial charge on any atom is 0.124 e. The second-order valence-electron chi connectivity index (χ2n) is 4.61. The smallest absolute Gasteiger partial charge is 0.124 e. The number of nitrogens with two attached hydrogens (primary N) is 1.